The van der Waals surface area contributed by atoms with E-state index in [0.29, 0.717) is 6.42 Å². The third-order valence-corrected chi connectivity index (χ3v) is 4.22. The summed E-state index contributed by atoms with van der Waals surface area (Å²) in [6.45, 7) is 0. The van der Waals surface area contributed by atoms with Crippen LogP contribution in [0.3, 0.4) is 0 Å². The van der Waals surface area contributed by atoms with E-state index in [9.17, 15) is 4.79 Å². The van der Waals surface area contributed by atoms with Crippen molar-refractivity contribution in [3.8, 4) is 5.75 Å². The second-order valence-corrected chi connectivity index (χ2v) is 5.74. The Morgan fingerprint density at radius 3 is 2.71 bits per heavy atom. The highest BCUT2D eigenvalue weighted by Gasteiger charge is 2.23. The van der Waals surface area contributed by atoms with Gasteiger partial charge in [0.15, 0.2) is 0 Å². The number of ether oxygens (including phenoxy) is 1. The lowest BCUT2D eigenvalue weighted by atomic mass is 10.0. The standard InChI is InChI=1S/C16H15BrN2O2/c1-21-10-6-7-12(17)11(8-10)15-9-16(20)19-14-5-3-2-4-13(14)18-15/h2-8,15,18H,9H2,1H3,(H,19,20). The van der Waals surface area contributed by atoms with E-state index < -0.39 is 0 Å². The number of nitrogens with one attached hydrogen (secondary N) is 2. The maximum absolute atomic E-state index is 12.1. The van der Waals surface area contributed by atoms with Crippen molar-refractivity contribution in [2.24, 2.45) is 0 Å². The molecule has 108 valence electrons. The third-order valence-electron chi connectivity index (χ3n) is 3.50. The first-order valence-corrected chi connectivity index (χ1v) is 7.45. The van der Waals surface area contributed by atoms with Crippen molar-refractivity contribution in [1.29, 1.82) is 0 Å². The van der Waals surface area contributed by atoms with Crippen molar-refractivity contribution in [2.45, 2.75) is 12.5 Å². The smallest absolute Gasteiger partial charge is 0.226 e. The van der Waals surface area contributed by atoms with Gasteiger partial charge >= 0.3 is 0 Å². The van der Waals surface area contributed by atoms with E-state index in [4.69, 9.17) is 4.74 Å². The van der Waals surface area contributed by atoms with Crippen LogP contribution in [0, 0.1) is 0 Å². The van der Waals surface area contributed by atoms with Gasteiger partial charge in [-0.2, -0.15) is 0 Å². The first kappa shape index (κ1) is 13.9. The van der Waals surface area contributed by atoms with Crippen molar-refractivity contribution in [1.82, 2.24) is 0 Å². The van der Waals surface area contributed by atoms with Crippen LogP contribution in [0.4, 0.5) is 11.4 Å². The number of halogens is 1. The van der Waals surface area contributed by atoms with Crippen LogP contribution >= 0.6 is 15.9 Å². The average molecular weight is 347 g/mol. The summed E-state index contributed by atoms with van der Waals surface area (Å²) in [5, 5.41) is 6.35. The van der Waals surface area contributed by atoms with Gasteiger partial charge in [-0.1, -0.05) is 28.1 Å². The minimum absolute atomic E-state index is 0.00725. The lowest BCUT2D eigenvalue weighted by Gasteiger charge is -2.19. The molecule has 0 saturated heterocycles. The normalized spacial score (nSPS) is 17.2. The first-order chi connectivity index (χ1) is 10.2. The summed E-state index contributed by atoms with van der Waals surface area (Å²) >= 11 is 3.55. The maximum Gasteiger partial charge on any atom is 0.226 e. The van der Waals surface area contributed by atoms with Crippen molar-refractivity contribution in [3.63, 3.8) is 0 Å². The average Bonchev–Trinajstić information content (AvgIpc) is 2.65. The molecule has 2 N–H and O–H groups in total. The zero-order valence-corrected chi connectivity index (χ0v) is 13.1. The molecular formula is C16H15BrN2O2. The lowest BCUT2D eigenvalue weighted by molar-refractivity contribution is -0.116. The zero-order valence-electron chi connectivity index (χ0n) is 11.5. The Kier molecular flexibility index (Phi) is 3.84. The molecule has 2 aromatic carbocycles. The summed E-state index contributed by atoms with van der Waals surface area (Å²) in [4.78, 5) is 12.1. The van der Waals surface area contributed by atoms with Gasteiger partial charge in [-0.3, -0.25) is 4.79 Å². The fourth-order valence-electron chi connectivity index (χ4n) is 2.45. The molecule has 1 aliphatic heterocycles. The number of hydrogen-bond donors (Lipinski definition) is 2. The topological polar surface area (TPSA) is 50.4 Å². The molecule has 3 rings (SSSR count). The van der Waals surface area contributed by atoms with Gasteiger partial charge in [-0.25, -0.2) is 0 Å². The molecule has 0 fully saturated rings. The Hall–Kier alpha value is -2.01. The second kappa shape index (κ2) is 5.77. The van der Waals surface area contributed by atoms with Crippen molar-refractivity contribution < 1.29 is 9.53 Å². The molecule has 0 aliphatic carbocycles. The number of rotatable bonds is 2. The molecule has 1 amide bonds. The number of para-hydroxylation sites is 2. The molecule has 0 spiro atoms. The molecule has 0 saturated carbocycles. The van der Waals surface area contributed by atoms with E-state index >= 15 is 0 Å². The Morgan fingerprint density at radius 1 is 1.19 bits per heavy atom. The summed E-state index contributed by atoms with van der Waals surface area (Å²) in [5.74, 6) is 0.764. The highest BCUT2D eigenvalue weighted by molar-refractivity contribution is 9.10. The van der Waals surface area contributed by atoms with Crippen molar-refractivity contribution in [2.75, 3.05) is 17.7 Å². The van der Waals surface area contributed by atoms with Crippen LogP contribution in [0.2, 0.25) is 0 Å². The van der Waals surface area contributed by atoms with Gasteiger partial charge in [0, 0.05) is 4.47 Å². The molecule has 1 heterocycles. The fraction of sp³-hybridized carbons (Fsp3) is 0.188. The van der Waals surface area contributed by atoms with Crippen LogP contribution in [0.15, 0.2) is 46.9 Å². The lowest BCUT2D eigenvalue weighted by Crippen LogP contribution is -2.16. The number of hydrogen-bond acceptors (Lipinski definition) is 3. The number of carbonyl (C=O) groups excluding carboxylic acids is 1. The number of carbonyl (C=O) groups is 1. The number of benzene rings is 2. The van der Waals surface area contributed by atoms with Crippen LogP contribution in [-0.2, 0) is 4.79 Å². The van der Waals surface area contributed by atoms with Gasteiger partial charge in [-0.05, 0) is 35.9 Å². The van der Waals surface area contributed by atoms with E-state index in [-0.39, 0.29) is 11.9 Å². The molecule has 1 atom stereocenters. The Morgan fingerprint density at radius 2 is 1.95 bits per heavy atom. The van der Waals surface area contributed by atoms with Crippen LogP contribution in [-0.4, -0.2) is 13.0 Å². The zero-order chi connectivity index (χ0) is 14.8. The van der Waals surface area contributed by atoms with Gasteiger partial charge in [0.05, 0.1) is 30.9 Å². The second-order valence-electron chi connectivity index (χ2n) is 4.88. The van der Waals surface area contributed by atoms with Crippen LogP contribution in [0.1, 0.15) is 18.0 Å². The van der Waals surface area contributed by atoms with Gasteiger partial charge in [-0.15, -0.1) is 0 Å². The minimum atomic E-state index is -0.113. The molecule has 4 nitrogen and oxygen atoms in total. The molecule has 1 unspecified atom stereocenters. The molecule has 0 bridgehead atoms. The molecule has 0 radical (unpaired) electrons. The molecule has 1 aliphatic rings. The van der Waals surface area contributed by atoms with Gasteiger partial charge in [0.25, 0.3) is 0 Å². The van der Waals surface area contributed by atoms with E-state index in [2.05, 4.69) is 26.6 Å². The summed E-state index contributed by atoms with van der Waals surface area (Å²) in [6, 6.07) is 13.4. The van der Waals surface area contributed by atoms with Gasteiger partial charge in [0.2, 0.25) is 5.91 Å². The Bertz CT molecular complexity index is 688. The maximum atomic E-state index is 12.1. The molecule has 2 aromatic rings. The van der Waals surface area contributed by atoms with E-state index in [1.807, 2.05) is 42.5 Å². The molecule has 5 heteroatoms. The minimum Gasteiger partial charge on any atom is -0.497 e. The van der Waals surface area contributed by atoms with Crippen LogP contribution in [0.5, 0.6) is 5.75 Å². The molecule has 21 heavy (non-hydrogen) atoms. The monoisotopic (exact) mass is 346 g/mol. The summed E-state index contributed by atoms with van der Waals surface area (Å²) in [6.07, 6.45) is 0.362. The highest BCUT2D eigenvalue weighted by atomic mass is 79.9. The largest absolute Gasteiger partial charge is 0.497 e. The predicted molar refractivity (Wildman–Crippen MR) is 86.7 cm³/mol. The highest BCUT2D eigenvalue weighted by Crippen LogP contribution is 2.36. The van der Waals surface area contributed by atoms with Crippen LogP contribution in [0.25, 0.3) is 0 Å². The fourth-order valence-corrected chi connectivity index (χ4v) is 2.97. The molecule has 0 aromatic heterocycles. The number of methoxy groups -OCH3 is 1. The SMILES string of the molecule is COc1ccc(Br)c(C2CC(=O)Nc3ccccc3N2)c1. The third kappa shape index (κ3) is 2.88. The van der Waals surface area contributed by atoms with E-state index in [0.717, 1.165) is 27.2 Å². The predicted octanol–water partition coefficient (Wildman–Crippen LogP) is 3.95. The van der Waals surface area contributed by atoms with E-state index in [1.54, 1.807) is 7.11 Å². The number of amides is 1. The number of anilines is 2. The quantitative estimate of drug-likeness (QED) is 0.865. The van der Waals surface area contributed by atoms with Crippen LogP contribution < -0.4 is 15.4 Å². The van der Waals surface area contributed by atoms with Crippen molar-refractivity contribution in [3.05, 3.63) is 52.5 Å². The van der Waals surface area contributed by atoms with Gasteiger partial charge in [0.1, 0.15) is 5.75 Å². The van der Waals surface area contributed by atoms with Gasteiger partial charge < -0.3 is 15.4 Å². The Balaban J connectivity index is 2.01. The Labute approximate surface area is 131 Å². The first-order valence-electron chi connectivity index (χ1n) is 6.66. The number of fused-ring (bicyclic) bond motifs is 1. The van der Waals surface area contributed by atoms with E-state index in [1.165, 1.54) is 0 Å². The molecular weight excluding hydrogens is 332 g/mol. The van der Waals surface area contributed by atoms with Crippen molar-refractivity contribution >= 4 is 33.2 Å². The summed E-state index contributed by atoms with van der Waals surface area (Å²) in [5.41, 5.74) is 2.73. The summed E-state index contributed by atoms with van der Waals surface area (Å²) < 4.78 is 6.23. The summed E-state index contributed by atoms with van der Waals surface area (Å²) in [7, 11) is 1.63.